The fourth-order valence-electron chi connectivity index (χ4n) is 1.29. The Hall–Kier alpha value is -2.50. The van der Waals surface area contributed by atoms with Crippen LogP contribution in [0.3, 0.4) is 0 Å². The van der Waals surface area contributed by atoms with Gasteiger partial charge < -0.3 is 14.6 Å². The first-order chi connectivity index (χ1) is 8.06. The number of phenolic OH excluding ortho intramolecular Hbond substituents is 2. The molecule has 0 spiro atoms. The summed E-state index contributed by atoms with van der Waals surface area (Å²) >= 11 is 0. The Labute approximate surface area is 96.5 Å². The predicted molar refractivity (Wildman–Crippen MR) is 59.0 cm³/mol. The van der Waals surface area contributed by atoms with Gasteiger partial charge in [-0.3, -0.25) is 10.1 Å². The third-order valence-electron chi connectivity index (χ3n) is 2.07. The standard InChI is InChI=1S/C11H10N2O4/c1-6-5-17-11(12-6)13-10(16)8-3-2-7(14)4-9(8)15/h2-5,14-15H,1H3,(H,12,13,16). The molecular formula is C11H10N2O4. The highest BCUT2D eigenvalue weighted by Crippen LogP contribution is 2.23. The van der Waals surface area contributed by atoms with Crippen molar-refractivity contribution < 1.29 is 19.4 Å². The summed E-state index contributed by atoms with van der Waals surface area (Å²) in [7, 11) is 0. The Morgan fingerprint density at radius 2 is 2.18 bits per heavy atom. The minimum Gasteiger partial charge on any atom is -0.508 e. The quantitative estimate of drug-likeness (QED) is 0.734. The van der Waals surface area contributed by atoms with Crippen LogP contribution in [0.25, 0.3) is 0 Å². The van der Waals surface area contributed by atoms with E-state index < -0.39 is 5.91 Å². The van der Waals surface area contributed by atoms with Gasteiger partial charge >= 0.3 is 6.01 Å². The zero-order valence-corrected chi connectivity index (χ0v) is 8.97. The normalized spacial score (nSPS) is 10.2. The molecule has 0 aliphatic carbocycles. The lowest BCUT2D eigenvalue weighted by molar-refractivity contribution is 0.102. The Bertz CT molecular complexity index is 562. The minimum absolute atomic E-state index is 0.0265. The molecule has 2 rings (SSSR count). The number of benzene rings is 1. The maximum Gasteiger partial charge on any atom is 0.301 e. The van der Waals surface area contributed by atoms with Crippen molar-refractivity contribution in [2.45, 2.75) is 6.92 Å². The zero-order valence-electron chi connectivity index (χ0n) is 8.97. The number of hydrogen-bond acceptors (Lipinski definition) is 5. The third-order valence-corrected chi connectivity index (χ3v) is 2.07. The van der Waals surface area contributed by atoms with Gasteiger partial charge in [-0.2, -0.15) is 4.98 Å². The van der Waals surface area contributed by atoms with Crippen LogP contribution in [0.1, 0.15) is 16.1 Å². The molecule has 1 aromatic heterocycles. The number of aromatic nitrogens is 1. The number of carbonyl (C=O) groups excluding carboxylic acids is 1. The van der Waals surface area contributed by atoms with E-state index in [9.17, 15) is 9.90 Å². The van der Waals surface area contributed by atoms with Crippen LogP contribution in [-0.4, -0.2) is 21.1 Å². The molecule has 0 aliphatic rings. The number of aromatic hydroxyl groups is 2. The molecule has 0 bridgehead atoms. The van der Waals surface area contributed by atoms with Gasteiger partial charge in [0, 0.05) is 6.07 Å². The number of oxazole rings is 1. The zero-order chi connectivity index (χ0) is 12.4. The van der Waals surface area contributed by atoms with Crippen LogP contribution >= 0.6 is 0 Å². The molecule has 0 saturated carbocycles. The van der Waals surface area contributed by atoms with E-state index in [0.29, 0.717) is 5.69 Å². The average Bonchev–Trinajstić information content (AvgIpc) is 2.63. The molecule has 88 valence electrons. The second-order valence-corrected chi connectivity index (χ2v) is 3.45. The van der Waals surface area contributed by atoms with E-state index in [2.05, 4.69) is 10.3 Å². The van der Waals surface area contributed by atoms with Crippen LogP contribution in [0.5, 0.6) is 11.5 Å². The number of aryl methyl sites for hydroxylation is 1. The molecule has 1 heterocycles. The fourth-order valence-corrected chi connectivity index (χ4v) is 1.29. The van der Waals surface area contributed by atoms with Crippen LogP contribution in [0.4, 0.5) is 6.01 Å². The summed E-state index contributed by atoms with van der Waals surface area (Å²) in [6.07, 6.45) is 1.40. The fraction of sp³-hybridized carbons (Fsp3) is 0.0909. The van der Waals surface area contributed by atoms with Gasteiger partial charge in [-0.25, -0.2) is 0 Å². The first-order valence-corrected chi connectivity index (χ1v) is 4.82. The van der Waals surface area contributed by atoms with Crippen molar-refractivity contribution in [3.05, 3.63) is 35.7 Å². The van der Waals surface area contributed by atoms with Gasteiger partial charge in [0.2, 0.25) is 0 Å². The van der Waals surface area contributed by atoms with Crippen molar-refractivity contribution >= 4 is 11.9 Å². The molecule has 1 amide bonds. The van der Waals surface area contributed by atoms with Gasteiger partial charge in [-0.05, 0) is 19.1 Å². The SMILES string of the molecule is Cc1coc(NC(=O)c2ccc(O)cc2O)n1. The second-order valence-electron chi connectivity index (χ2n) is 3.45. The van der Waals surface area contributed by atoms with Crippen molar-refractivity contribution in [2.24, 2.45) is 0 Å². The first-order valence-electron chi connectivity index (χ1n) is 4.82. The van der Waals surface area contributed by atoms with Gasteiger partial charge in [0.1, 0.15) is 17.8 Å². The lowest BCUT2D eigenvalue weighted by Crippen LogP contribution is -2.12. The highest BCUT2D eigenvalue weighted by Gasteiger charge is 2.13. The molecule has 0 saturated heterocycles. The molecule has 0 atom stereocenters. The summed E-state index contributed by atoms with van der Waals surface area (Å²) in [4.78, 5) is 15.6. The third kappa shape index (κ3) is 2.36. The molecule has 17 heavy (non-hydrogen) atoms. The average molecular weight is 234 g/mol. The Morgan fingerprint density at radius 3 is 2.76 bits per heavy atom. The molecule has 0 fully saturated rings. The molecule has 3 N–H and O–H groups in total. The largest absolute Gasteiger partial charge is 0.508 e. The molecule has 0 aliphatic heterocycles. The number of nitrogens with one attached hydrogen (secondary N) is 1. The monoisotopic (exact) mass is 234 g/mol. The number of phenols is 2. The van der Waals surface area contributed by atoms with Crippen molar-refractivity contribution in [3.8, 4) is 11.5 Å². The van der Waals surface area contributed by atoms with Crippen LogP contribution in [0, 0.1) is 6.92 Å². The van der Waals surface area contributed by atoms with Crippen molar-refractivity contribution in [1.82, 2.24) is 4.98 Å². The van der Waals surface area contributed by atoms with Crippen LogP contribution < -0.4 is 5.32 Å². The summed E-state index contributed by atoms with van der Waals surface area (Å²) in [6, 6.07) is 3.74. The lowest BCUT2D eigenvalue weighted by Gasteiger charge is -2.03. The summed E-state index contributed by atoms with van der Waals surface area (Å²) in [5, 5.41) is 20.9. The highest BCUT2D eigenvalue weighted by molar-refractivity contribution is 6.05. The summed E-state index contributed by atoms with van der Waals surface area (Å²) in [6.45, 7) is 1.72. The number of hydrogen-bond donors (Lipinski definition) is 3. The molecule has 2 aromatic rings. The number of amides is 1. The summed E-state index contributed by atoms with van der Waals surface area (Å²) in [5.74, 6) is -0.999. The lowest BCUT2D eigenvalue weighted by atomic mass is 10.2. The minimum atomic E-state index is -0.565. The van der Waals surface area contributed by atoms with E-state index in [1.54, 1.807) is 6.92 Å². The van der Waals surface area contributed by atoms with E-state index in [1.165, 1.54) is 18.4 Å². The summed E-state index contributed by atoms with van der Waals surface area (Å²) in [5.41, 5.74) is 0.661. The van der Waals surface area contributed by atoms with E-state index in [4.69, 9.17) is 9.52 Å². The first kappa shape index (κ1) is 11.0. The Balaban J connectivity index is 2.20. The molecule has 6 heteroatoms. The van der Waals surface area contributed by atoms with Crippen LogP contribution in [-0.2, 0) is 0 Å². The second kappa shape index (κ2) is 4.17. The summed E-state index contributed by atoms with van der Waals surface area (Å²) < 4.78 is 4.95. The molecule has 0 unspecified atom stereocenters. The number of anilines is 1. The number of nitrogens with zero attached hydrogens (tertiary/aromatic N) is 1. The Morgan fingerprint density at radius 1 is 1.41 bits per heavy atom. The molecular weight excluding hydrogens is 224 g/mol. The smallest absolute Gasteiger partial charge is 0.301 e. The van der Waals surface area contributed by atoms with Gasteiger partial charge in [0.15, 0.2) is 0 Å². The molecule has 1 aromatic carbocycles. The number of carbonyl (C=O) groups is 1. The van der Waals surface area contributed by atoms with Gasteiger partial charge in [-0.15, -0.1) is 0 Å². The topological polar surface area (TPSA) is 95.6 Å². The maximum absolute atomic E-state index is 11.7. The molecule has 0 radical (unpaired) electrons. The maximum atomic E-state index is 11.7. The van der Waals surface area contributed by atoms with Gasteiger partial charge in [-0.1, -0.05) is 0 Å². The van der Waals surface area contributed by atoms with Gasteiger partial charge in [0.25, 0.3) is 5.91 Å². The Kier molecular flexibility index (Phi) is 2.70. The van der Waals surface area contributed by atoms with E-state index >= 15 is 0 Å². The van der Waals surface area contributed by atoms with E-state index in [0.717, 1.165) is 6.07 Å². The van der Waals surface area contributed by atoms with Crippen molar-refractivity contribution in [1.29, 1.82) is 0 Å². The van der Waals surface area contributed by atoms with E-state index in [-0.39, 0.29) is 23.1 Å². The van der Waals surface area contributed by atoms with Crippen molar-refractivity contribution in [3.63, 3.8) is 0 Å². The number of rotatable bonds is 2. The van der Waals surface area contributed by atoms with Gasteiger partial charge in [0.05, 0.1) is 11.3 Å². The van der Waals surface area contributed by atoms with E-state index in [1.807, 2.05) is 0 Å². The van der Waals surface area contributed by atoms with Crippen LogP contribution in [0.15, 0.2) is 28.9 Å². The van der Waals surface area contributed by atoms with Crippen LogP contribution in [0.2, 0.25) is 0 Å². The highest BCUT2D eigenvalue weighted by atomic mass is 16.4. The molecule has 6 nitrogen and oxygen atoms in total. The van der Waals surface area contributed by atoms with Crippen molar-refractivity contribution in [2.75, 3.05) is 5.32 Å². The predicted octanol–water partition coefficient (Wildman–Crippen LogP) is 1.65.